The van der Waals surface area contributed by atoms with Gasteiger partial charge in [0.05, 0.1) is 14.2 Å². The minimum Gasteiger partial charge on any atom is -0.496 e. The Balaban J connectivity index is 3.18. The first kappa shape index (κ1) is 11.1. The van der Waals surface area contributed by atoms with Crippen molar-refractivity contribution < 1.29 is 14.6 Å². The molecule has 0 bridgehead atoms. The van der Waals surface area contributed by atoms with Gasteiger partial charge in [-0.15, -0.1) is 0 Å². The summed E-state index contributed by atoms with van der Waals surface area (Å²) in [6.45, 7) is 0.0500. The lowest BCUT2D eigenvalue weighted by molar-refractivity contribution is 0.293. The van der Waals surface area contributed by atoms with Crippen LogP contribution >= 0.6 is 11.6 Å². The first-order chi connectivity index (χ1) is 6.72. The molecular weight excluding hydrogens is 204 g/mol. The van der Waals surface area contributed by atoms with E-state index >= 15 is 0 Å². The number of ether oxygens (including phenoxy) is 2. The van der Waals surface area contributed by atoms with Crippen LogP contribution in [0.5, 0.6) is 11.5 Å². The topological polar surface area (TPSA) is 38.7 Å². The predicted molar refractivity (Wildman–Crippen MR) is 55.3 cm³/mol. The molecule has 1 rings (SSSR count). The van der Waals surface area contributed by atoms with Crippen LogP contribution < -0.4 is 9.47 Å². The van der Waals surface area contributed by atoms with E-state index in [0.29, 0.717) is 22.9 Å². The van der Waals surface area contributed by atoms with E-state index in [1.165, 1.54) is 0 Å². The maximum absolute atomic E-state index is 8.88. The van der Waals surface area contributed by atoms with Gasteiger partial charge in [-0.05, 0) is 12.1 Å². The van der Waals surface area contributed by atoms with Gasteiger partial charge in [-0.25, -0.2) is 0 Å². The predicted octanol–water partition coefficient (Wildman–Crippen LogP) is 1.89. The molecule has 0 aromatic heterocycles. The minimum atomic E-state index is 0.0500. The third-order valence-corrected chi connectivity index (χ3v) is 2.15. The van der Waals surface area contributed by atoms with Crippen LogP contribution in [0, 0.1) is 0 Å². The summed E-state index contributed by atoms with van der Waals surface area (Å²) in [6, 6.07) is 3.41. The van der Waals surface area contributed by atoms with Gasteiger partial charge < -0.3 is 14.6 Å². The molecule has 4 heteroatoms. The maximum atomic E-state index is 8.88. The highest BCUT2D eigenvalue weighted by molar-refractivity contribution is 6.30. The summed E-state index contributed by atoms with van der Waals surface area (Å²) in [6.07, 6.45) is 0.490. The molecule has 14 heavy (non-hydrogen) atoms. The lowest BCUT2D eigenvalue weighted by atomic mass is 10.1. The van der Waals surface area contributed by atoms with Gasteiger partial charge in [-0.2, -0.15) is 0 Å². The van der Waals surface area contributed by atoms with Crippen LogP contribution in [0.1, 0.15) is 5.56 Å². The molecule has 0 aliphatic rings. The molecule has 1 aromatic rings. The Hall–Kier alpha value is -0.930. The number of rotatable bonds is 4. The fraction of sp³-hybridized carbons (Fsp3) is 0.400. The van der Waals surface area contributed by atoms with Gasteiger partial charge in [0.1, 0.15) is 11.5 Å². The van der Waals surface area contributed by atoms with Crippen molar-refractivity contribution in [2.24, 2.45) is 0 Å². The Labute approximate surface area is 88.2 Å². The summed E-state index contributed by atoms with van der Waals surface area (Å²) in [5.41, 5.74) is 0.835. The highest BCUT2D eigenvalue weighted by atomic mass is 35.5. The molecular formula is C10H13ClO3. The molecule has 1 N–H and O–H groups in total. The zero-order chi connectivity index (χ0) is 10.6. The molecule has 0 saturated carbocycles. The highest BCUT2D eigenvalue weighted by Crippen LogP contribution is 2.32. The van der Waals surface area contributed by atoms with Crippen LogP contribution in [0.25, 0.3) is 0 Å². The Morgan fingerprint density at radius 3 is 2.07 bits per heavy atom. The standard InChI is InChI=1S/C10H13ClO3/c1-13-9-5-7(11)6-10(14-2)8(9)3-4-12/h5-6,12H,3-4H2,1-2H3. The average Bonchev–Trinajstić information content (AvgIpc) is 2.20. The number of aliphatic hydroxyl groups is 1. The molecule has 0 unspecified atom stereocenters. The van der Waals surface area contributed by atoms with Crippen molar-refractivity contribution in [3.8, 4) is 11.5 Å². The van der Waals surface area contributed by atoms with Crippen molar-refractivity contribution in [3.05, 3.63) is 22.7 Å². The zero-order valence-electron chi connectivity index (χ0n) is 8.21. The first-order valence-corrected chi connectivity index (χ1v) is 4.62. The molecule has 0 aliphatic heterocycles. The van der Waals surface area contributed by atoms with Crippen LogP contribution in [-0.2, 0) is 6.42 Å². The summed E-state index contributed by atoms with van der Waals surface area (Å²) in [5.74, 6) is 1.28. The summed E-state index contributed by atoms with van der Waals surface area (Å²) >= 11 is 5.86. The van der Waals surface area contributed by atoms with Gasteiger partial charge >= 0.3 is 0 Å². The zero-order valence-corrected chi connectivity index (χ0v) is 8.97. The lowest BCUT2D eigenvalue weighted by Crippen LogP contribution is -1.99. The second kappa shape index (κ2) is 5.08. The van der Waals surface area contributed by atoms with Crippen LogP contribution in [0.4, 0.5) is 0 Å². The fourth-order valence-corrected chi connectivity index (χ4v) is 1.51. The van der Waals surface area contributed by atoms with Crippen molar-refractivity contribution in [1.29, 1.82) is 0 Å². The number of hydrogen-bond donors (Lipinski definition) is 1. The molecule has 0 atom stereocenters. The van der Waals surface area contributed by atoms with Crippen molar-refractivity contribution >= 4 is 11.6 Å². The number of benzene rings is 1. The Kier molecular flexibility index (Phi) is 4.04. The fourth-order valence-electron chi connectivity index (χ4n) is 1.31. The van der Waals surface area contributed by atoms with Gasteiger partial charge in [0.25, 0.3) is 0 Å². The number of halogens is 1. The van der Waals surface area contributed by atoms with E-state index in [0.717, 1.165) is 5.56 Å². The van der Waals surface area contributed by atoms with E-state index in [2.05, 4.69) is 0 Å². The van der Waals surface area contributed by atoms with E-state index in [-0.39, 0.29) is 6.61 Å². The van der Waals surface area contributed by atoms with E-state index in [1.54, 1.807) is 26.4 Å². The van der Waals surface area contributed by atoms with Crippen molar-refractivity contribution in [1.82, 2.24) is 0 Å². The normalized spacial score (nSPS) is 10.0. The molecule has 0 spiro atoms. The summed E-state index contributed by atoms with van der Waals surface area (Å²) < 4.78 is 10.3. The summed E-state index contributed by atoms with van der Waals surface area (Å²) in [5, 5.41) is 9.44. The number of aliphatic hydroxyl groups excluding tert-OH is 1. The van der Waals surface area contributed by atoms with E-state index < -0.39 is 0 Å². The molecule has 0 fully saturated rings. The molecule has 1 aromatic carbocycles. The van der Waals surface area contributed by atoms with Crippen molar-refractivity contribution in [2.75, 3.05) is 20.8 Å². The number of hydrogen-bond acceptors (Lipinski definition) is 3. The van der Waals surface area contributed by atoms with Crippen LogP contribution in [-0.4, -0.2) is 25.9 Å². The van der Waals surface area contributed by atoms with Gasteiger partial charge in [0, 0.05) is 23.6 Å². The van der Waals surface area contributed by atoms with Crippen molar-refractivity contribution in [3.63, 3.8) is 0 Å². The Morgan fingerprint density at radius 1 is 1.21 bits per heavy atom. The lowest BCUT2D eigenvalue weighted by Gasteiger charge is -2.12. The third-order valence-electron chi connectivity index (χ3n) is 1.93. The minimum absolute atomic E-state index is 0.0500. The molecule has 0 aliphatic carbocycles. The maximum Gasteiger partial charge on any atom is 0.127 e. The number of methoxy groups -OCH3 is 2. The Morgan fingerprint density at radius 2 is 1.71 bits per heavy atom. The van der Waals surface area contributed by atoms with Crippen LogP contribution in [0.15, 0.2) is 12.1 Å². The molecule has 0 heterocycles. The third kappa shape index (κ3) is 2.30. The van der Waals surface area contributed by atoms with Crippen LogP contribution in [0.2, 0.25) is 5.02 Å². The monoisotopic (exact) mass is 216 g/mol. The quantitative estimate of drug-likeness (QED) is 0.836. The highest BCUT2D eigenvalue weighted by Gasteiger charge is 2.10. The molecule has 78 valence electrons. The first-order valence-electron chi connectivity index (χ1n) is 4.24. The largest absolute Gasteiger partial charge is 0.496 e. The Bertz CT molecular complexity index is 287. The molecule has 3 nitrogen and oxygen atoms in total. The second-order valence-corrected chi connectivity index (χ2v) is 3.20. The average molecular weight is 217 g/mol. The van der Waals surface area contributed by atoms with Crippen molar-refractivity contribution in [2.45, 2.75) is 6.42 Å². The van der Waals surface area contributed by atoms with E-state index in [4.69, 9.17) is 26.2 Å². The van der Waals surface area contributed by atoms with Gasteiger partial charge in [-0.3, -0.25) is 0 Å². The molecule has 0 saturated heterocycles. The van der Waals surface area contributed by atoms with E-state index in [1.807, 2.05) is 0 Å². The van der Waals surface area contributed by atoms with Crippen LogP contribution in [0.3, 0.4) is 0 Å². The SMILES string of the molecule is COc1cc(Cl)cc(OC)c1CCO. The molecule has 0 radical (unpaired) electrons. The van der Waals surface area contributed by atoms with E-state index in [9.17, 15) is 0 Å². The second-order valence-electron chi connectivity index (χ2n) is 2.76. The molecule has 0 amide bonds. The van der Waals surface area contributed by atoms with Gasteiger partial charge in [0.2, 0.25) is 0 Å². The van der Waals surface area contributed by atoms with Gasteiger partial charge in [-0.1, -0.05) is 11.6 Å². The summed E-state index contributed by atoms with van der Waals surface area (Å²) in [7, 11) is 3.12. The van der Waals surface area contributed by atoms with Gasteiger partial charge in [0.15, 0.2) is 0 Å². The smallest absolute Gasteiger partial charge is 0.127 e. The summed E-state index contributed by atoms with van der Waals surface area (Å²) in [4.78, 5) is 0.